The van der Waals surface area contributed by atoms with E-state index in [0.29, 0.717) is 17.0 Å². The molecule has 1 aromatic heterocycles. The van der Waals surface area contributed by atoms with E-state index >= 15 is 0 Å². The van der Waals surface area contributed by atoms with Gasteiger partial charge < -0.3 is 13.9 Å². The van der Waals surface area contributed by atoms with Crippen LogP contribution in [0.3, 0.4) is 0 Å². The van der Waals surface area contributed by atoms with Crippen LogP contribution in [0.15, 0.2) is 69.9 Å². The number of rotatable bonds is 5. The van der Waals surface area contributed by atoms with Gasteiger partial charge >= 0.3 is 5.63 Å². The molecule has 0 N–H and O–H groups in total. The van der Waals surface area contributed by atoms with E-state index < -0.39 is 10.5 Å². The minimum absolute atomic E-state index is 0.123. The molecule has 30 heavy (non-hydrogen) atoms. The number of halogens is 1. The Bertz CT molecular complexity index is 1320. The molecule has 0 bridgehead atoms. The molecule has 0 fully saturated rings. The normalized spacial score (nSPS) is 10.7. The highest BCUT2D eigenvalue weighted by molar-refractivity contribution is 6.35. The highest BCUT2D eigenvalue weighted by atomic mass is 35.5. The molecule has 0 saturated heterocycles. The Morgan fingerprint density at radius 2 is 1.80 bits per heavy atom. The van der Waals surface area contributed by atoms with Crippen molar-refractivity contribution in [1.29, 1.82) is 0 Å². The second-order valence-corrected chi connectivity index (χ2v) is 6.56. The molecule has 1 heterocycles. The van der Waals surface area contributed by atoms with Crippen molar-refractivity contribution in [3.8, 4) is 28.7 Å². The average Bonchev–Trinajstić information content (AvgIpc) is 2.74. The summed E-state index contributed by atoms with van der Waals surface area (Å²) in [6, 6.07) is 15.5. The fraction of sp³-hybridized carbons (Fsp3) is 0.0476. The van der Waals surface area contributed by atoms with Crippen molar-refractivity contribution in [3.63, 3.8) is 0 Å². The van der Waals surface area contributed by atoms with Crippen molar-refractivity contribution >= 4 is 28.2 Å². The van der Waals surface area contributed by atoms with Gasteiger partial charge in [-0.25, -0.2) is 9.78 Å². The minimum Gasteiger partial charge on any atom is -0.497 e. The molecule has 4 rings (SSSR count). The molecule has 0 amide bonds. The maximum atomic E-state index is 12.5. The Morgan fingerprint density at radius 1 is 1.07 bits per heavy atom. The second kappa shape index (κ2) is 7.84. The number of nitrogens with zero attached hydrogens (tertiary/aromatic N) is 2. The van der Waals surface area contributed by atoms with Crippen LogP contribution in [0.4, 0.5) is 5.69 Å². The first kappa shape index (κ1) is 19.4. The van der Waals surface area contributed by atoms with Crippen LogP contribution in [-0.2, 0) is 0 Å². The quantitative estimate of drug-likeness (QED) is 0.319. The van der Waals surface area contributed by atoms with Crippen LogP contribution < -0.4 is 15.1 Å². The zero-order valence-corrected chi connectivity index (χ0v) is 16.3. The van der Waals surface area contributed by atoms with Crippen LogP contribution in [0, 0.1) is 10.1 Å². The third-order valence-corrected chi connectivity index (χ3v) is 4.61. The van der Waals surface area contributed by atoms with Gasteiger partial charge in [0.25, 0.3) is 5.69 Å². The van der Waals surface area contributed by atoms with Gasteiger partial charge in [0.2, 0.25) is 5.89 Å². The van der Waals surface area contributed by atoms with Crippen LogP contribution in [0.5, 0.6) is 17.2 Å². The Labute approximate surface area is 174 Å². The molecule has 150 valence electrons. The fourth-order valence-corrected chi connectivity index (χ4v) is 3.10. The van der Waals surface area contributed by atoms with Gasteiger partial charge in [-0.2, -0.15) is 0 Å². The summed E-state index contributed by atoms with van der Waals surface area (Å²) in [5.41, 5.74) is -0.458. The number of methoxy groups -OCH3 is 1. The molecule has 8 nitrogen and oxygen atoms in total. The summed E-state index contributed by atoms with van der Waals surface area (Å²) in [5, 5.41) is 11.6. The van der Waals surface area contributed by atoms with Crippen LogP contribution in [0.1, 0.15) is 0 Å². The lowest BCUT2D eigenvalue weighted by Gasteiger charge is -2.11. The number of aromatic nitrogens is 1. The van der Waals surface area contributed by atoms with Crippen molar-refractivity contribution in [3.05, 3.63) is 86.2 Å². The zero-order valence-electron chi connectivity index (χ0n) is 15.5. The Kier molecular flexibility index (Phi) is 5.07. The lowest BCUT2D eigenvalue weighted by atomic mass is 10.1. The standard InChI is InChI=1S/C21H13ClN2O6/c1-28-13-6-8-14(9-7-13)29-18-10-5-12(24(26)27)11-15(18)20-23-17-4-2-3-16(22)19(17)21(25)30-20/h2-11H,1H3. The molecule has 0 aliphatic carbocycles. The van der Waals surface area contributed by atoms with Gasteiger partial charge in [-0.15, -0.1) is 0 Å². The summed E-state index contributed by atoms with van der Waals surface area (Å²) in [6.07, 6.45) is 0. The van der Waals surface area contributed by atoms with Crippen molar-refractivity contribution < 1.29 is 18.8 Å². The van der Waals surface area contributed by atoms with Gasteiger partial charge in [0.1, 0.15) is 22.6 Å². The van der Waals surface area contributed by atoms with Crippen molar-refractivity contribution in [1.82, 2.24) is 4.98 Å². The number of non-ortho nitro benzene ring substituents is 1. The van der Waals surface area contributed by atoms with Gasteiger partial charge in [0.15, 0.2) is 0 Å². The summed E-state index contributed by atoms with van der Waals surface area (Å²) in [6.45, 7) is 0. The summed E-state index contributed by atoms with van der Waals surface area (Å²) < 4.78 is 16.3. The predicted molar refractivity (Wildman–Crippen MR) is 110 cm³/mol. The molecule has 3 aromatic carbocycles. The van der Waals surface area contributed by atoms with E-state index in [1.54, 1.807) is 49.6 Å². The number of hydrogen-bond donors (Lipinski definition) is 0. The summed E-state index contributed by atoms with van der Waals surface area (Å²) in [7, 11) is 1.55. The van der Waals surface area contributed by atoms with E-state index in [-0.39, 0.29) is 33.3 Å². The number of benzene rings is 3. The second-order valence-electron chi connectivity index (χ2n) is 6.16. The SMILES string of the molecule is COc1ccc(Oc2ccc([N+](=O)[O-])cc2-c2nc3cccc(Cl)c3c(=O)o2)cc1. The van der Waals surface area contributed by atoms with Gasteiger partial charge in [0, 0.05) is 12.1 Å². The zero-order chi connectivity index (χ0) is 21.3. The van der Waals surface area contributed by atoms with E-state index in [2.05, 4.69) is 4.98 Å². The van der Waals surface area contributed by atoms with Crippen molar-refractivity contribution in [2.24, 2.45) is 0 Å². The van der Waals surface area contributed by atoms with E-state index in [0.717, 1.165) is 0 Å². The van der Waals surface area contributed by atoms with Gasteiger partial charge in [0.05, 0.1) is 28.1 Å². The molecule has 0 aliphatic rings. The monoisotopic (exact) mass is 424 g/mol. The molecule has 4 aromatic rings. The Hall–Kier alpha value is -3.91. The molecule has 0 atom stereocenters. The first-order valence-electron chi connectivity index (χ1n) is 8.66. The lowest BCUT2D eigenvalue weighted by molar-refractivity contribution is -0.384. The summed E-state index contributed by atoms with van der Waals surface area (Å²) >= 11 is 6.07. The van der Waals surface area contributed by atoms with E-state index in [1.807, 2.05) is 0 Å². The highest BCUT2D eigenvalue weighted by Crippen LogP contribution is 2.36. The molecule has 0 saturated carbocycles. The number of nitro benzene ring substituents is 1. The largest absolute Gasteiger partial charge is 0.497 e. The first-order chi connectivity index (χ1) is 14.5. The average molecular weight is 425 g/mol. The molecular weight excluding hydrogens is 412 g/mol. The number of nitro groups is 1. The van der Waals surface area contributed by atoms with Crippen molar-refractivity contribution in [2.45, 2.75) is 0 Å². The van der Waals surface area contributed by atoms with E-state index in [1.165, 1.54) is 18.2 Å². The molecule has 0 unspecified atom stereocenters. The first-order valence-corrected chi connectivity index (χ1v) is 9.04. The number of fused-ring (bicyclic) bond motifs is 1. The maximum absolute atomic E-state index is 12.5. The van der Waals surface area contributed by atoms with E-state index in [9.17, 15) is 14.9 Å². The van der Waals surface area contributed by atoms with Crippen molar-refractivity contribution in [2.75, 3.05) is 7.11 Å². The topological polar surface area (TPSA) is 105 Å². The highest BCUT2D eigenvalue weighted by Gasteiger charge is 2.19. The van der Waals surface area contributed by atoms with Crippen LogP contribution in [0.2, 0.25) is 5.02 Å². The fourth-order valence-electron chi connectivity index (χ4n) is 2.85. The smallest absolute Gasteiger partial charge is 0.348 e. The molecule has 0 radical (unpaired) electrons. The molecule has 0 spiro atoms. The summed E-state index contributed by atoms with van der Waals surface area (Å²) in [4.78, 5) is 27.5. The minimum atomic E-state index is -0.706. The Balaban J connectivity index is 1.86. The van der Waals surface area contributed by atoms with Gasteiger partial charge in [-0.1, -0.05) is 17.7 Å². The van der Waals surface area contributed by atoms with E-state index in [4.69, 9.17) is 25.5 Å². The molecule has 0 aliphatic heterocycles. The van der Waals surface area contributed by atoms with Crippen LogP contribution >= 0.6 is 11.6 Å². The Morgan fingerprint density at radius 3 is 2.50 bits per heavy atom. The summed E-state index contributed by atoms with van der Waals surface area (Å²) in [5.74, 6) is 1.20. The van der Waals surface area contributed by atoms with Crippen LogP contribution in [0.25, 0.3) is 22.4 Å². The lowest BCUT2D eigenvalue weighted by Crippen LogP contribution is -2.04. The number of hydrogen-bond acceptors (Lipinski definition) is 7. The predicted octanol–water partition coefficient (Wildman–Crippen LogP) is 5.22. The molecular formula is C21H13ClN2O6. The number of ether oxygens (including phenoxy) is 2. The maximum Gasteiger partial charge on any atom is 0.348 e. The van der Waals surface area contributed by atoms with Gasteiger partial charge in [-0.3, -0.25) is 10.1 Å². The molecule has 9 heteroatoms. The third-order valence-electron chi connectivity index (χ3n) is 4.30. The van der Waals surface area contributed by atoms with Gasteiger partial charge in [-0.05, 0) is 42.5 Å². The van der Waals surface area contributed by atoms with Crippen LogP contribution in [-0.4, -0.2) is 17.0 Å². The third kappa shape index (κ3) is 3.68.